The second kappa shape index (κ2) is 6.97. The third-order valence-corrected chi connectivity index (χ3v) is 5.59. The summed E-state index contributed by atoms with van der Waals surface area (Å²) in [4.78, 5) is 16.9. The highest BCUT2D eigenvalue weighted by molar-refractivity contribution is 7.90. The second-order valence-electron chi connectivity index (χ2n) is 5.75. The van der Waals surface area contributed by atoms with Gasteiger partial charge in [0.25, 0.3) is 5.91 Å². The number of rotatable bonds is 4. The molecule has 0 radical (unpaired) electrons. The molecule has 0 saturated heterocycles. The number of hydrogen-bond acceptors (Lipinski definition) is 5. The molecule has 3 aromatic rings. The molecule has 0 unspecified atom stereocenters. The van der Waals surface area contributed by atoms with Crippen LogP contribution in [0.1, 0.15) is 15.9 Å². The Kier molecular flexibility index (Phi) is 4.88. The first kappa shape index (κ1) is 18.2. The lowest BCUT2D eigenvalue weighted by molar-refractivity contribution is 0.102. The molecule has 1 aromatic heterocycles. The van der Waals surface area contributed by atoms with Gasteiger partial charge in [-0.3, -0.25) is 10.1 Å². The maximum absolute atomic E-state index is 13.3. The van der Waals surface area contributed by atoms with Crippen LogP contribution >= 0.6 is 11.3 Å². The molecule has 0 bridgehead atoms. The number of sulfone groups is 1. The highest BCUT2D eigenvalue weighted by Crippen LogP contribution is 2.26. The lowest BCUT2D eigenvalue weighted by Gasteiger charge is -2.07. The van der Waals surface area contributed by atoms with Gasteiger partial charge in [0.05, 0.1) is 10.6 Å². The van der Waals surface area contributed by atoms with Crippen molar-refractivity contribution in [3.8, 4) is 11.3 Å². The van der Waals surface area contributed by atoms with Gasteiger partial charge in [-0.15, -0.1) is 11.3 Å². The van der Waals surface area contributed by atoms with Crippen LogP contribution in [0.3, 0.4) is 0 Å². The standard InChI is InChI=1S/C18H15FN2O3S2/c1-11-6-7-14(26(2,23)24)9-15(11)17(22)21-18-20-16(10-25-18)12-4-3-5-13(19)8-12/h3-10H,1-2H3,(H,20,21,22). The van der Waals surface area contributed by atoms with E-state index in [1.807, 2.05) is 0 Å². The Balaban J connectivity index is 1.85. The summed E-state index contributed by atoms with van der Waals surface area (Å²) in [5, 5.41) is 4.72. The van der Waals surface area contributed by atoms with E-state index in [1.54, 1.807) is 30.5 Å². The van der Waals surface area contributed by atoms with Gasteiger partial charge in [0.15, 0.2) is 15.0 Å². The third kappa shape index (κ3) is 3.97. The van der Waals surface area contributed by atoms with Crippen molar-refractivity contribution >= 4 is 32.2 Å². The molecule has 0 aliphatic carbocycles. The van der Waals surface area contributed by atoms with Crippen LogP contribution in [0.25, 0.3) is 11.3 Å². The number of carbonyl (C=O) groups excluding carboxylic acids is 1. The van der Waals surface area contributed by atoms with E-state index in [0.29, 0.717) is 22.0 Å². The molecule has 2 aromatic carbocycles. The topological polar surface area (TPSA) is 76.1 Å². The first-order chi connectivity index (χ1) is 12.2. The highest BCUT2D eigenvalue weighted by atomic mass is 32.2. The number of amides is 1. The van der Waals surface area contributed by atoms with Crippen molar-refractivity contribution in [1.29, 1.82) is 0 Å². The number of carbonyl (C=O) groups is 1. The zero-order valence-corrected chi connectivity index (χ0v) is 15.6. The fraction of sp³-hybridized carbons (Fsp3) is 0.111. The van der Waals surface area contributed by atoms with Crippen molar-refractivity contribution in [3.63, 3.8) is 0 Å². The number of hydrogen-bond donors (Lipinski definition) is 1. The fourth-order valence-electron chi connectivity index (χ4n) is 2.35. The van der Waals surface area contributed by atoms with Gasteiger partial charge < -0.3 is 0 Å². The molecule has 0 atom stereocenters. The Morgan fingerprint density at radius 2 is 1.96 bits per heavy atom. The molecule has 0 saturated carbocycles. The Labute approximate surface area is 154 Å². The third-order valence-electron chi connectivity index (χ3n) is 3.73. The van der Waals surface area contributed by atoms with Gasteiger partial charge in [-0.2, -0.15) is 0 Å². The minimum absolute atomic E-state index is 0.0767. The predicted octanol–water partition coefficient (Wildman–Crippen LogP) is 3.91. The minimum Gasteiger partial charge on any atom is -0.298 e. The molecule has 0 aliphatic heterocycles. The van der Waals surface area contributed by atoms with Gasteiger partial charge in [0.2, 0.25) is 0 Å². The van der Waals surface area contributed by atoms with Gasteiger partial charge in [-0.1, -0.05) is 18.2 Å². The molecule has 0 spiro atoms. The molecule has 1 heterocycles. The summed E-state index contributed by atoms with van der Waals surface area (Å²) >= 11 is 1.21. The van der Waals surface area contributed by atoms with E-state index in [1.165, 1.54) is 35.6 Å². The second-order valence-corrected chi connectivity index (χ2v) is 8.63. The maximum Gasteiger partial charge on any atom is 0.257 e. The lowest BCUT2D eigenvalue weighted by Crippen LogP contribution is -2.14. The number of aromatic nitrogens is 1. The number of benzene rings is 2. The summed E-state index contributed by atoms with van der Waals surface area (Å²) in [5.74, 6) is -0.817. The maximum atomic E-state index is 13.3. The van der Waals surface area contributed by atoms with Crippen molar-refractivity contribution in [3.05, 3.63) is 64.8 Å². The SMILES string of the molecule is Cc1ccc(S(C)(=O)=O)cc1C(=O)Nc1nc(-c2cccc(F)c2)cs1. The molecular weight excluding hydrogens is 375 g/mol. The molecule has 1 amide bonds. The van der Waals surface area contributed by atoms with Crippen LogP contribution in [0.2, 0.25) is 0 Å². The number of nitrogens with zero attached hydrogens (tertiary/aromatic N) is 1. The van der Waals surface area contributed by atoms with Crippen molar-refractivity contribution in [2.24, 2.45) is 0 Å². The summed E-state index contributed by atoms with van der Waals surface area (Å²) in [5.41, 5.74) is 2.07. The van der Waals surface area contributed by atoms with Crippen LogP contribution in [0, 0.1) is 12.7 Å². The van der Waals surface area contributed by atoms with Gasteiger partial charge in [0.1, 0.15) is 5.82 Å². The Morgan fingerprint density at radius 1 is 1.19 bits per heavy atom. The lowest BCUT2D eigenvalue weighted by atomic mass is 10.1. The van der Waals surface area contributed by atoms with Crippen LogP contribution in [0.4, 0.5) is 9.52 Å². The molecule has 134 valence electrons. The number of halogens is 1. The highest BCUT2D eigenvalue weighted by Gasteiger charge is 2.16. The van der Waals surface area contributed by atoms with Gasteiger partial charge in [0, 0.05) is 22.8 Å². The number of aryl methyl sites for hydroxylation is 1. The summed E-state index contributed by atoms with van der Waals surface area (Å²) in [6.07, 6.45) is 1.09. The van der Waals surface area contributed by atoms with Gasteiger partial charge in [-0.25, -0.2) is 17.8 Å². The first-order valence-electron chi connectivity index (χ1n) is 7.57. The van der Waals surface area contributed by atoms with E-state index >= 15 is 0 Å². The Morgan fingerprint density at radius 3 is 2.65 bits per heavy atom. The van der Waals surface area contributed by atoms with Crippen LogP contribution in [0.15, 0.2) is 52.7 Å². The van der Waals surface area contributed by atoms with E-state index < -0.39 is 15.7 Å². The van der Waals surface area contributed by atoms with E-state index in [4.69, 9.17) is 0 Å². The number of thiazole rings is 1. The molecular formula is C18H15FN2O3S2. The van der Waals surface area contributed by atoms with Gasteiger partial charge >= 0.3 is 0 Å². The summed E-state index contributed by atoms with van der Waals surface area (Å²) < 4.78 is 36.7. The predicted molar refractivity (Wildman–Crippen MR) is 99.8 cm³/mol. The number of nitrogens with one attached hydrogen (secondary N) is 1. The summed E-state index contributed by atoms with van der Waals surface area (Å²) in [6.45, 7) is 1.72. The zero-order chi connectivity index (χ0) is 18.9. The molecule has 8 heteroatoms. The van der Waals surface area contributed by atoms with Crippen molar-refractivity contribution in [2.75, 3.05) is 11.6 Å². The average Bonchev–Trinajstić information content (AvgIpc) is 3.02. The van der Waals surface area contributed by atoms with E-state index in [2.05, 4.69) is 10.3 Å². The quantitative estimate of drug-likeness (QED) is 0.733. The Bertz CT molecular complexity index is 1090. The summed E-state index contributed by atoms with van der Waals surface area (Å²) in [6, 6.07) is 10.4. The van der Waals surface area contributed by atoms with E-state index in [-0.39, 0.29) is 16.3 Å². The minimum atomic E-state index is -3.41. The van der Waals surface area contributed by atoms with Crippen LogP contribution < -0.4 is 5.32 Å². The van der Waals surface area contributed by atoms with E-state index in [0.717, 1.165) is 6.26 Å². The fourth-order valence-corrected chi connectivity index (χ4v) is 3.71. The summed E-state index contributed by atoms with van der Waals surface area (Å²) in [7, 11) is -3.41. The molecule has 0 aliphatic rings. The largest absolute Gasteiger partial charge is 0.298 e. The van der Waals surface area contributed by atoms with Crippen molar-refractivity contribution < 1.29 is 17.6 Å². The molecule has 0 fully saturated rings. The van der Waals surface area contributed by atoms with Gasteiger partial charge in [-0.05, 0) is 36.8 Å². The van der Waals surface area contributed by atoms with Crippen LogP contribution in [0.5, 0.6) is 0 Å². The van der Waals surface area contributed by atoms with Crippen LogP contribution in [-0.4, -0.2) is 25.6 Å². The smallest absolute Gasteiger partial charge is 0.257 e. The monoisotopic (exact) mass is 390 g/mol. The molecule has 26 heavy (non-hydrogen) atoms. The average molecular weight is 390 g/mol. The van der Waals surface area contributed by atoms with Crippen LogP contribution in [-0.2, 0) is 9.84 Å². The molecule has 1 N–H and O–H groups in total. The number of anilines is 1. The first-order valence-corrected chi connectivity index (χ1v) is 10.3. The molecule has 5 nitrogen and oxygen atoms in total. The molecule has 3 rings (SSSR count). The normalized spacial score (nSPS) is 11.3. The zero-order valence-electron chi connectivity index (χ0n) is 14.0. The van der Waals surface area contributed by atoms with E-state index in [9.17, 15) is 17.6 Å². The Hall–Kier alpha value is -2.58. The van der Waals surface area contributed by atoms with Crippen molar-refractivity contribution in [2.45, 2.75) is 11.8 Å². The van der Waals surface area contributed by atoms with Crippen molar-refractivity contribution in [1.82, 2.24) is 4.98 Å².